The predicted octanol–water partition coefficient (Wildman–Crippen LogP) is 3.81. The van der Waals surface area contributed by atoms with E-state index in [1.807, 2.05) is 13.8 Å². The summed E-state index contributed by atoms with van der Waals surface area (Å²) < 4.78 is 5.13. The topological polar surface area (TPSA) is 68.0 Å². The molecule has 0 spiro atoms. The minimum atomic E-state index is -0.0408. The molecule has 1 aromatic heterocycles. The maximum atomic E-state index is 11.8. The van der Waals surface area contributed by atoms with E-state index in [1.165, 1.54) is 0 Å². The highest BCUT2D eigenvalue weighted by Crippen LogP contribution is 2.14. The number of nitrogens with zero attached hydrogens (tertiary/aromatic N) is 2. The third-order valence-corrected chi connectivity index (χ3v) is 3.17. The number of hydrogen-bond acceptors (Lipinski definition) is 4. The molecule has 6 heteroatoms. The standard InChI is InChI=1S/C15H18ClN3O2/c1-10(2)15-18-14(21-19-15)5-3-4-13(20)17-12-8-6-11(16)7-9-12/h6-10H,3-5H2,1-2H3,(H,17,20). The van der Waals surface area contributed by atoms with E-state index < -0.39 is 0 Å². The average Bonchev–Trinajstić information content (AvgIpc) is 2.90. The summed E-state index contributed by atoms with van der Waals surface area (Å²) in [5.41, 5.74) is 0.740. The Morgan fingerprint density at radius 3 is 2.67 bits per heavy atom. The highest BCUT2D eigenvalue weighted by Gasteiger charge is 2.10. The molecule has 1 aromatic carbocycles. The second-order valence-electron chi connectivity index (χ2n) is 5.11. The zero-order chi connectivity index (χ0) is 15.2. The summed E-state index contributed by atoms with van der Waals surface area (Å²) in [4.78, 5) is 16.1. The van der Waals surface area contributed by atoms with Gasteiger partial charge in [-0.15, -0.1) is 0 Å². The fourth-order valence-electron chi connectivity index (χ4n) is 1.76. The van der Waals surface area contributed by atoms with Gasteiger partial charge in [0, 0.05) is 29.5 Å². The number of amides is 1. The molecule has 0 aliphatic heterocycles. The molecule has 2 aromatic rings. The number of aryl methyl sites for hydroxylation is 1. The first-order valence-electron chi connectivity index (χ1n) is 6.92. The molecule has 0 atom stereocenters. The van der Waals surface area contributed by atoms with Gasteiger partial charge in [0.15, 0.2) is 5.82 Å². The van der Waals surface area contributed by atoms with Gasteiger partial charge < -0.3 is 9.84 Å². The van der Waals surface area contributed by atoms with Crippen molar-refractivity contribution in [1.29, 1.82) is 0 Å². The van der Waals surface area contributed by atoms with Crippen molar-refractivity contribution in [2.75, 3.05) is 5.32 Å². The highest BCUT2D eigenvalue weighted by molar-refractivity contribution is 6.30. The van der Waals surface area contributed by atoms with E-state index >= 15 is 0 Å². The zero-order valence-corrected chi connectivity index (χ0v) is 12.9. The quantitative estimate of drug-likeness (QED) is 0.881. The summed E-state index contributed by atoms with van der Waals surface area (Å²) in [6, 6.07) is 7.02. The maximum absolute atomic E-state index is 11.8. The van der Waals surface area contributed by atoms with Crippen LogP contribution in [-0.2, 0) is 11.2 Å². The summed E-state index contributed by atoms with van der Waals surface area (Å²) in [5, 5.41) is 7.35. The molecular weight excluding hydrogens is 290 g/mol. The first-order chi connectivity index (χ1) is 10.0. The molecule has 0 aliphatic rings. The van der Waals surface area contributed by atoms with E-state index in [2.05, 4.69) is 15.5 Å². The Hall–Kier alpha value is -1.88. The van der Waals surface area contributed by atoms with Crippen molar-refractivity contribution >= 4 is 23.2 Å². The first-order valence-corrected chi connectivity index (χ1v) is 7.30. The van der Waals surface area contributed by atoms with E-state index in [9.17, 15) is 4.79 Å². The molecule has 0 unspecified atom stereocenters. The Balaban J connectivity index is 1.74. The van der Waals surface area contributed by atoms with Crippen LogP contribution in [0.1, 0.15) is 44.3 Å². The molecular formula is C15H18ClN3O2. The van der Waals surface area contributed by atoms with Gasteiger partial charge in [0.05, 0.1) is 0 Å². The molecule has 1 amide bonds. The van der Waals surface area contributed by atoms with E-state index in [0.29, 0.717) is 36.0 Å². The molecule has 2 rings (SSSR count). The number of hydrogen-bond donors (Lipinski definition) is 1. The van der Waals surface area contributed by atoms with Crippen LogP contribution in [0.15, 0.2) is 28.8 Å². The fraction of sp³-hybridized carbons (Fsp3) is 0.400. The number of rotatable bonds is 6. The van der Waals surface area contributed by atoms with Crippen molar-refractivity contribution in [2.24, 2.45) is 0 Å². The third kappa shape index (κ3) is 4.86. The highest BCUT2D eigenvalue weighted by atomic mass is 35.5. The summed E-state index contributed by atoms with van der Waals surface area (Å²) in [6.07, 6.45) is 1.68. The summed E-state index contributed by atoms with van der Waals surface area (Å²) in [5.74, 6) is 1.49. The lowest BCUT2D eigenvalue weighted by atomic mass is 10.2. The summed E-state index contributed by atoms with van der Waals surface area (Å²) >= 11 is 5.79. The number of benzene rings is 1. The molecule has 0 saturated carbocycles. The van der Waals surface area contributed by atoms with E-state index in [-0.39, 0.29) is 11.8 Å². The monoisotopic (exact) mass is 307 g/mol. The number of carbonyl (C=O) groups is 1. The predicted molar refractivity (Wildman–Crippen MR) is 81.4 cm³/mol. The number of carbonyl (C=O) groups excluding carboxylic acids is 1. The minimum absolute atomic E-state index is 0.0408. The van der Waals surface area contributed by atoms with Crippen LogP contribution < -0.4 is 5.32 Å². The second kappa shape index (κ2) is 7.22. The zero-order valence-electron chi connectivity index (χ0n) is 12.1. The molecule has 21 heavy (non-hydrogen) atoms. The van der Waals surface area contributed by atoms with Crippen molar-refractivity contribution in [3.05, 3.63) is 41.0 Å². The van der Waals surface area contributed by atoms with Gasteiger partial charge in [-0.05, 0) is 30.7 Å². The van der Waals surface area contributed by atoms with Crippen LogP contribution in [0.2, 0.25) is 5.02 Å². The van der Waals surface area contributed by atoms with Gasteiger partial charge in [-0.25, -0.2) is 0 Å². The van der Waals surface area contributed by atoms with E-state index in [0.717, 1.165) is 5.69 Å². The molecule has 0 radical (unpaired) electrons. The lowest BCUT2D eigenvalue weighted by Gasteiger charge is -2.04. The van der Waals surface area contributed by atoms with Crippen LogP contribution in [0.25, 0.3) is 0 Å². The SMILES string of the molecule is CC(C)c1noc(CCCC(=O)Nc2ccc(Cl)cc2)n1. The van der Waals surface area contributed by atoms with Gasteiger partial charge in [-0.1, -0.05) is 30.6 Å². The number of halogens is 1. The van der Waals surface area contributed by atoms with Crippen LogP contribution in [-0.4, -0.2) is 16.0 Å². The van der Waals surface area contributed by atoms with Crippen LogP contribution >= 0.6 is 11.6 Å². The van der Waals surface area contributed by atoms with Crippen molar-refractivity contribution in [2.45, 2.75) is 39.0 Å². The van der Waals surface area contributed by atoms with Crippen LogP contribution in [0.3, 0.4) is 0 Å². The number of anilines is 1. The molecule has 1 N–H and O–H groups in total. The number of aromatic nitrogens is 2. The minimum Gasteiger partial charge on any atom is -0.339 e. The number of nitrogens with one attached hydrogen (secondary N) is 1. The molecule has 0 fully saturated rings. The molecule has 0 bridgehead atoms. The van der Waals surface area contributed by atoms with Gasteiger partial charge in [0.1, 0.15) is 0 Å². The van der Waals surface area contributed by atoms with Gasteiger partial charge in [-0.3, -0.25) is 4.79 Å². The van der Waals surface area contributed by atoms with Gasteiger partial charge >= 0.3 is 0 Å². The Morgan fingerprint density at radius 1 is 1.33 bits per heavy atom. The van der Waals surface area contributed by atoms with Crippen molar-refractivity contribution in [3.8, 4) is 0 Å². The smallest absolute Gasteiger partial charge is 0.226 e. The van der Waals surface area contributed by atoms with Crippen LogP contribution in [0, 0.1) is 0 Å². The first kappa shape index (κ1) is 15.5. The lowest BCUT2D eigenvalue weighted by Crippen LogP contribution is -2.11. The largest absolute Gasteiger partial charge is 0.339 e. The van der Waals surface area contributed by atoms with Gasteiger partial charge in [0.25, 0.3) is 0 Å². The summed E-state index contributed by atoms with van der Waals surface area (Å²) in [7, 11) is 0. The van der Waals surface area contributed by atoms with Crippen molar-refractivity contribution < 1.29 is 9.32 Å². The van der Waals surface area contributed by atoms with Gasteiger partial charge in [-0.2, -0.15) is 4.98 Å². The van der Waals surface area contributed by atoms with Crippen molar-refractivity contribution in [3.63, 3.8) is 0 Å². The Labute approximate surface area is 128 Å². The maximum Gasteiger partial charge on any atom is 0.226 e. The normalized spacial score (nSPS) is 10.9. The second-order valence-corrected chi connectivity index (χ2v) is 5.55. The molecule has 0 saturated heterocycles. The molecule has 5 nitrogen and oxygen atoms in total. The average molecular weight is 308 g/mol. The molecule has 112 valence electrons. The van der Waals surface area contributed by atoms with Crippen LogP contribution in [0.5, 0.6) is 0 Å². The van der Waals surface area contributed by atoms with Crippen molar-refractivity contribution in [1.82, 2.24) is 10.1 Å². The molecule has 0 aliphatic carbocycles. The summed E-state index contributed by atoms with van der Waals surface area (Å²) in [6.45, 7) is 4.02. The molecule has 1 heterocycles. The Bertz CT molecular complexity index is 593. The fourth-order valence-corrected chi connectivity index (χ4v) is 1.89. The Kier molecular flexibility index (Phi) is 5.33. The van der Waals surface area contributed by atoms with E-state index in [1.54, 1.807) is 24.3 Å². The lowest BCUT2D eigenvalue weighted by molar-refractivity contribution is -0.116. The van der Waals surface area contributed by atoms with Gasteiger partial charge in [0.2, 0.25) is 11.8 Å². The van der Waals surface area contributed by atoms with Crippen LogP contribution in [0.4, 0.5) is 5.69 Å². The third-order valence-electron chi connectivity index (χ3n) is 2.92. The Morgan fingerprint density at radius 2 is 2.05 bits per heavy atom. The van der Waals surface area contributed by atoms with E-state index in [4.69, 9.17) is 16.1 Å².